The molecule has 0 aliphatic carbocycles. The van der Waals surface area contributed by atoms with Crippen LogP contribution in [0.2, 0.25) is 0 Å². The molecule has 16 heavy (non-hydrogen) atoms. The minimum Gasteiger partial charge on any atom is -0.506 e. The number of hydrogen-bond acceptors (Lipinski definition) is 3. The van der Waals surface area contributed by atoms with E-state index in [1.807, 2.05) is 0 Å². The van der Waals surface area contributed by atoms with Gasteiger partial charge in [-0.3, -0.25) is 9.79 Å². The van der Waals surface area contributed by atoms with Crippen LogP contribution in [0, 0.1) is 0 Å². The molecule has 0 aliphatic rings. The molecule has 0 saturated carbocycles. The first kappa shape index (κ1) is 13.2. The second-order valence-electron chi connectivity index (χ2n) is 2.97. The maximum Gasteiger partial charge on any atom is 0.241 e. The van der Waals surface area contributed by atoms with Crippen molar-refractivity contribution in [1.82, 2.24) is 5.32 Å². The van der Waals surface area contributed by atoms with Crippen LogP contribution < -0.4 is 5.32 Å². The maximum absolute atomic E-state index is 10.9. The molecule has 0 aromatic heterocycles. The molecule has 0 fully saturated rings. The van der Waals surface area contributed by atoms with Crippen molar-refractivity contribution in [3.63, 3.8) is 0 Å². The number of aliphatic imine (C=N–C) groups is 1. The van der Waals surface area contributed by atoms with Crippen LogP contribution in [0.25, 0.3) is 0 Å². The molecule has 0 radical (unpaired) electrons. The summed E-state index contributed by atoms with van der Waals surface area (Å²) in [6.07, 6.45) is 1.46. The Morgan fingerprint density at radius 3 is 2.88 bits per heavy atom. The lowest BCUT2D eigenvalue weighted by Gasteiger charge is -2.02. The van der Waals surface area contributed by atoms with Crippen molar-refractivity contribution in [2.24, 2.45) is 4.99 Å². The summed E-state index contributed by atoms with van der Waals surface area (Å²) in [5.74, 6) is -0.0753. The van der Waals surface area contributed by atoms with Crippen LogP contribution in [0.5, 0.6) is 5.75 Å². The molecule has 86 valence electrons. The van der Waals surface area contributed by atoms with Gasteiger partial charge in [0.2, 0.25) is 5.91 Å². The van der Waals surface area contributed by atoms with E-state index in [0.717, 1.165) is 4.47 Å². The maximum atomic E-state index is 10.9. The number of phenolic OH excluding ortho intramolecular Hbond substituents is 1. The molecular formula is C10H10Br2N2O2. The quantitative estimate of drug-likeness (QED) is 0.821. The Bertz CT molecular complexity index is 433. The number of carbonyl (C=O) groups is 1. The molecule has 0 heterocycles. The number of halogens is 2. The lowest BCUT2D eigenvalue weighted by atomic mass is 10.2. The minimum absolute atomic E-state index is 0.0417. The summed E-state index contributed by atoms with van der Waals surface area (Å²) in [7, 11) is 1.55. The van der Waals surface area contributed by atoms with E-state index in [-0.39, 0.29) is 18.2 Å². The first-order valence-corrected chi connectivity index (χ1v) is 6.01. The molecule has 1 rings (SSSR count). The van der Waals surface area contributed by atoms with Gasteiger partial charge in [-0.2, -0.15) is 0 Å². The summed E-state index contributed by atoms with van der Waals surface area (Å²) in [5.41, 5.74) is 0.546. The van der Waals surface area contributed by atoms with Crippen LogP contribution in [0.4, 0.5) is 0 Å². The monoisotopic (exact) mass is 348 g/mol. The second kappa shape index (κ2) is 6.00. The Morgan fingerprint density at radius 1 is 1.56 bits per heavy atom. The van der Waals surface area contributed by atoms with Gasteiger partial charge in [-0.05, 0) is 28.1 Å². The fourth-order valence-electron chi connectivity index (χ4n) is 0.990. The second-order valence-corrected chi connectivity index (χ2v) is 4.74. The van der Waals surface area contributed by atoms with Crippen molar-refractivity contribution in [1.29, 1.82) is 0 Å². The van der Waals surface area contributed by atoms with Crippen molar-refractivity contribution in [3.05, 3.63) is 26.6 Å². The number of rotatable bonds is 3. The SMILES string of the molecule is CNC(=O)CN=Cc1cc(Br)cc(Br)c1O. The zero-order valence-electron chi connectivity index (χ0n) is 8.50. The lowest BCUT2D eigenvalue weighted by molar-refractivity contribution is -0.119. The van der Waals surface area contributed by atoms with E-state index in [1.165, 1.54) is 6.21 Å². The van der Waals surface area contributed by atoms with Crippen LogP contribution in [-0.2, 0) is 4.79 Å². The van der Waals surface area contributed by atoms with Gasteiger partial charge < -0.3 is 10.4 Å². The summed E-state index contributed by atoms with van der Waals surface area (Å²) >= 11 is 6.51. The average molecular weight is 350 g/mol. The van der Waals surface area contributed by atoms with Crippen LogP contribution in [0.1, 0.15) is 5.56 Å². The molecule has 2 N–H and O–H groups in total. The Morgan fingerprint density at radius 2 is 2.25 bits per heavy atom. The van der Waals surface area contributed by atoms with Crippen molar-refractivity contribution >= 4 is 44.0 Å². The first-order valence-electron chi connectivity index (χ1n) is 4.43. The number of likely N-dealkylation sites (N-methyl/N-ethyl adjacent to an activating group) is 1. The average Bonchev–Trinajstić information content (AvgIpc) is 2.24. The van der Waals surface area contributed by atoms with Crippen molar-refractivity contribution in [3.8, 4) is 5.75 Å². The highest BCUT2D eigenvalue weighted by molar-refractivity contribution is 9.11. The van der Waals surface area contributed by atoms with Gasteiger partial charge in [-0.25, -0.2) is 0 Å². The molecule has 1 aromatic rings. The summed E-state index contributed by atoms with van der Waals surface area (Å²) in [4.78, 5) is 14.8. The summed E-state index contributed by atoms with van der Waals surface area (Å²) in [6, 6.07) is 3.44. The fraction of sp³-hybridized carbons (Fsp3) is 0.200. The third-order valence-electron chi connectivity index (χ3n) is 1.80. The zero-order valence-corrected chi connectivity index (χ0v) is 11.7. The molecular weight excluding hydrogens is 340 g/mol. The molecule has 1 amide bonds. The van der Waals surface area contributed by atoms with Crippen molar-refractivity contribution in [2.45, 2.75) is 0 Å². The van der Waals surface area contributed by atoms with Gasteiger partial charge >= 0.3 is 0 Å². The Balaban J connectivity index is 2.85. The van der Waals surface area contributed by atoms with Crippen LogP contribution in [0.15, 0.2) is 26.1 Å². The molecule has 1 aromatic carbocycles. The fourth-order valence-corrected chi connectivity index (χ4v) is 2.25. The summed E-state index contributed by atoms with van der Waals surface area (Å²) in [5, 5.41) is 12.1. The smallest absolute Gasteiger partial charge is 0.241 e. The van der Waals surface area contributed by atoms with Gasteiger partial charge in [0.15, 0.2) is 0 Å². The number of nitrogens with one attached hydrogen (secondary N) is 1. The summed E-state index contributed by atoms with van der Waals surface area (Å²) < 4.78 is 1.39. The summed E-state index contributed by atoms with van der Waals surface area (Å²) in [6.45, 7) is 0.0417. The van der Waals surface area contributed by atoms with Gasteiger partial charge in [-0.1, -0.05) is 15.9 Å². The Hall–Kier alpha value is -0.880. The number of carbonyl (C=O) groups excluding carboxylic acids is 1. The van der Waals surface area contributed by atoms with Gasteiger partial charge in [0, 0.05) is 23.3 Å². The molecule has 0 atom stereocenters. The first-order chi connectivity index (χ1) is 7.54. The number of nitrogens with zero attached hydrogens (tertiary/aromatic N) is 1. The van der Waals surface area contributed by atoms with E-state index >= 15 is 0 Å². The molecule has 4 nitrogen and oxygen atoms in total. The predicted octanol–water partition coefficient (Wildman–Crippen LogP) is 2.08. The third-order valence-corrected chi connectivity index (χ3v) is 2.86. The predicted molar refractivity (Wildman–Crippen MR) is 70.0 cm³/mol. The molecule has 6 heteroatoms. The van der Waals surface area contributed by atoms with E-state index in [4.69, 9.17) is 0 Å². The molecule has 0 bridgehead atoms. The highest BCUT2D eigenvalue weighted by atomic mass is 79.9. The number of aromatic hydroxyl groups is 1. The normalized spacial score (nSPS) is 10.7. The highest BCUT2D eigenvalue weighted by Crippen LogP contribution is 2.30. The molecule has 0 unspecified atom stereocenters. The number of phenols is 1. The number of amides is 1. The molecule has 0 aliphatic heterocycles. The van der Waals surface area contributed by atoms with Crippen molar-refractivity contribution < 1.29 is 9.90 Å². The van der Waals surface area contributed by atoms with Gasteiger partial charge in [0.25, 0.3) is 0 Å². The third kappa shape index (κ3) is 3.61. The van der Waals surface area contributed by atoms with Gasteiger partial charge in [0.05, 0.1) is 4.47 Å². The Kier molecular flexibility index (Phi) is 4.95. The zero-order chi connectivity index (χ0) is 12.1. The van der Waals surface area contributed by atoms with E-state index in [9.17, 15) is 9.90 Å². The van der Waals surface area contributed by atoms with E-state index in [2.05, 4.69) is 42.2 Å². The Labute approximate surface area is 110 Å². The largest absolute Gasteiger partial charge is 0.506 e. The van der Waals surface area contributed by atoms with Crippen LogP contribution in [-0.4, -0.2) is 30.8 Å². The minimum atomic E-state index is -0.176. The number of hydrogen-bond donors (Lipinski definition) is 2. The molecule has 0 spiro atoms. The van der Waals surface area contributed by atoms with Crippen molar-refractivity contribution in [2.75, 3.05) is 13.6 Å². The van der Waals surface area contributed by atoms with Gasteiger partial charge in [0.1, 0.15) is 12.3 Å². The van der Waals surface area contributed by atoms with Crippen LogP contribution in [0.3, 0.4) is 0 Å². The topological polar surface area (TPSA) is 61.7 Å². The number of benzene rings is 1. The van der Waals surface area contributed by atoms with E-state index in [1.54, 1.807) is 19.2 Å². The molecule has 0 saturated heterocycles. The standard InChI is InChI=1S/C10H10Br2N2O2/c1-13-9(15)5-14-4-6-2-7(11)3-8(12)10(6)16/h2-4,16H,5H2,1H3,(H,13,15). The van der Waals surface area contributed by atoms with E-state index < -0.39 is 0 Å². The van der Waals surface area contributed by atoms with E-state index in [0.29, 0.717) is 10.0 Å². The highest BCUT2D eigenvalue weighted by Gasteiger charge is 2.05. The van der Waals surface area contributed by atoms with Gasteiger partial charge in [-0.15, -0.1) is 0 Å². The van der Waals surface area contributed by atoms with Crippen LogP contribution >= 0.6 is 31.9 Å². The lowest BCUT2D eigenvalue weighted by Crippen LogP contribution is -2.20.